The zero-order valence-electron chi connectivity index (χ0n) is 11.5. The Morgan fingerprint density at radius 2 is 2.30 bits per heavy atom. The Kier molecular flexibility index (Phi) is 3.69. The van der Waals surface area contributed by atoms with Crippen LogP contribution in [0.4, 0.5) is 0 Å². The topological polar surface area (TPSA) is 55.6 Å². The van der Waals surface area contributed by atoms with E-state index in [-0.39, 0.29) is 12.3 Å². The molecule has 0 aliphatic carbocycles. The lowest BCUT2D eigenvalue weighted by Crippen LogP contribution is -2.33. The summed E-state index contributed by atoms with van der Waals surface area (Å²) in [7, 11) is 1.84. The van der Waals surface area contributed by atoms with Gasteiger partial charge < -0.3 is 14.2 Å². The fourth-order valence-electron chi connectivity index (χ4n) is 2.56. The Bertz CT molecular complexity index is 602. The molecule has 2 heterocycles. The number of hydrogen-bond donors (Lipinski definition) is 0. The van der Waals surface area contributed by atoms with E-state index < -0.39 is 0 Å². The van der Waals surface area contributed by atoms with Crippen LogP contribution in [-0.2, 0) is 16.0 Å². The molecule has 1 atom stereocenters. The van der Waals surface area contributed by atoms with Crippen molar-refractivity contribution in [1.82, 2.24) is 10.1 Å². The van der Waals surface area contributed by atoms with Gasteiger partial charge in [-0.05, 0) is 18.6 Å². The average molecular weight is 274 g/mol. The Balaban J connectivity index is 1.65. The van der Waals surface area contributed by atoms with Crippen molar-refractivity contribution in [3.63, 3.8) is 0 Å². The summed E-state index contributed by atoms with van der Waals surface area (Å²) in [6.45, 7) is 2.31. The van der Waals surface area contributed by atoms with Gasteiger partial charge in [-0.2, -0.15) is 0 Å². The van der Waals surface area contributed by atoms with Gasteiger partial charge >= 0.3 is 0 Å². The Labute approximate surface area is 117 Å². The number of fused-ring (bicyclic) bond motifs is 1. The molecule has 5 heteroatoms. The van der Waals surface area contributed by atoms with E-state index in [4.69, 9.17) is 9.26 Å². The standard InChI is InChI=1S/C15H18N2O3/c1-17(9-11-6-7-19-10-11)15(18)8-13-12-4-2-3-5-14(12)20-16-13/h2-5,11H,6-10H2,1H3. The molecule has 1 aromatic carbocycles. The van der Waals surface area contributed by atoms with Crippen LogP contribution in [0, 0.1) is 5.92 Å². The van der Waals surface area contributed by atoms with Crippen LogP contribution >= 0.6 is 0 Å². The number of ether oxygens (including phenoxy) is 1. The fraction of sp³-hybridized carbons (Fsp3) is 0.467. The molecule has 0 radical (unpaired) electrons. The summed E-state index contributed by atoms with van der Waals surface area (Å²) in [6.07, 6.45) is 1.31. The smallest absolute Gasteiger partial charge is 0.228 e. The van der Waals surface area contributed by atoms with Gasteiger partial charge in [0.05, 0.1) is 13.0 Å². The molecule has 0 bridgehead atoms. The minimum Gasteiger partial charge on any atom is -0.381 e. The number of benzene rings is 1. The van der Waals surface area contributed by atoms with Crippen molar-refractivity contribution in [1.29, 1.82) is 0 Å². The average Bonchev–Trinajstić information content (AvgIpc) is 3.09. The third-order valence-corrected chi connectivity index (χ3v) is 3.75. The summed E-state index contributed by atoms with van der Waals surface area (Å²) in [5, 5.41) is 4.92. The molecular formula is C15H18N2O3. The Morgan fingerprint density at radius 3 is 3.10 bits per heavy atom. The van der Waals surface area contributed by atoms with Crippen LogP contribution < -0.4 is 0 Å². The number of hydrogen-bond acceptors (Lipinski definition) is 4. The number of aromatic nitrogens is 1. The van der Waals surface area contributed by atoms with E-state index in [1.165, 1.54) is 0 Å². The zero-order chi connectivity index (χ0) is 13.9. The largest absolute Gasteiger partial charge is 0.381 e. The normalized spacial score (nSPS) is 18.6. The van der Waals surface area contributed by atoms with Crippen molar-refractivity contribution in [2.45, 2.75) is 12.8 Å². The predicted molar refractivity (Wildman–Crippen MR) is 74.3 cm³/mol. The van der Waals surface area contributed by atoms with Crippen molar-refractivity contribution in [2.75, 3.05) is 26.8 Å². The van der Waals surface area contributed by atoms with Crippen molar-refractivity contribution in [2.24, 2.45) is 5.92 Å². The van der Waals surface area contributed by atoms with Crippen molar-refractivity contribution in [3.05, 3.63) is 30.0 Å². The third-order valence-electron chi connectivity index (χ3n) is 3.75. The highest BCUT2D eigenvalue weighted by Gasteiger charge is 2.21. The molecule has 1 fully saturated rings. The van der Waals surface area contributed by atoms with Crippen LogP contribution in [0.15, 0.2) is 28.8 Å². The van der Waals surface area contributed by atoms with E-state index in [2.05, 4.69) is 5.16 Å². The first-order valence-corrected chi connectivity index (χ1v) is 6.89. The predicted octanol–water partition coefficient (Wildman–Crippen LogP) is 1.87. The Morgan fingerprint density at radius 1 is 1.45 bits per heavy atom. The second kappa shape index (κ2) is 5.63. The van der Waals surface area contributed by atoms with Crippen molar-refractivity contribution < 1.29 is 14.1 Å². The third kappa shape index (κ3) is 2.67. The van der Waals surface area contributed by atoms with Gasteiger partial charge in [0.1, 0.15) is 5.69 Å². The van der Waals surface area contributed by atoms with Gasteiger partial charge in [-0.15, -0.1) is 0 Å². The highest BCUT2D eigenvalue weighted by Crippen LogP contribution is 2.19. The SMILES string of the molecule is CN(CC1CCOC1)C(=O)Cc1noc2ccccc12. The van der Waals surface area contributed by atoms with Crippen LogP contribution in [-0.4, -0.2) is 42.8 Å². The molecule has 1 aromatic heterocycles. The minimum atomic E-state index is 0.0657. The van der Waals surface area contributed by atoms with E-state index in [1.807, 2.05) is 31.3 Å². The second-order valence-electron chi connectivity index (χ2n) is 5.31. The zero-order valence-corrected chi connectivity index (χ0v) is 11.5. The molecule has 2 aromatic rings. The van der Waals surface area contributed by atoms with Crippen molar-refractivity contribution in [3.8, 4) is 0 Å². The van der Waals surface area contributed by atoms with Gasteiger partial charge in [-0.3, -0.25) is 4.79 Å². The quantitative estimate of drug-likeness (QED) is 0.854. The molecule has 1 amide bonds. The summed E-state index contributed by atoms with van der Waals surface area (Å²) >= 11 is 0. The second-order valence-corrected chi connectivity index (χ2v) is 5.31. The molecule has 0 spiro atoms. The summed E-state index contributed by atoms with van der Waals surface area (Å²) in [5.74, 6) is 0.522. The van der Waals surface area contributed by atoms with E-state index in [0.717, 1.165) is 37.1 Å². The maximum absolute atomic E-state index is 12.2. The molecular weight excluding hydrogens is 256 g/mol. The lowest BCUT2D eigenvalue weighted by molar-refractivity contribution is -0.129. The molecule has 0 saturated carbocycles. The molecule has 1 aliphatic rings. The number of carbonyl (C=O) groups is 1. The van der Waals surface area contributed by atoms with E-state index in [1.54, 1.807) is 4.90 Å². The first-order chi connectivity index (χ1) is 9.74. The van der Waals surface area contributed by atoms with E-state index in [9.17, 15) is 4.79 Å². The minimum absolute atomic E-state index is 0.0657. The van der Waals surface area contributed by atoms with Gasteiger partial charge in [-0.1, -0.05) is 17.3 Å². The highest BCUT2D eigenvalue weighted by atomic mass is 16.5. The monoisotopic (exact) mass is 274 g/mol. The first kappa shape index (κ1) is 13.1. The van der Waals surface area contributed by atoms with Gasteiger partial charge in [-0.25, -0.2) is 0 Å². The molecule has 20 heavy (non-hydrogen) atoms. The number of para-hydroxylation sites is 1. The van der Waals surface area contributed by atoms with Crippen molar-refractivity contribution >= 4 is 16.9 Å². The molecule has 0 N–H and O–H groups in total. The maximum atomic E-state index is 12.2. The van der Waals surface area contributed by atoms with Gasteiger partial charge in [0, 0.05) is 31.5 Å². The lowest BCUT2D eigenvalue weighted by atomic mass is 10.1. The van der Waals surface area contributed by atoms with E-state index in [0.29, 0.717) is 11.6 Å². The van der Waals surface area contributed by atoms with Crippen LogP contribution in [0.2, 0.25) is 0 Å². The number of likely N-dealkylation sites (N-methyl/N-ethyl adjacent to an activating group) is 1. The van der Waals surface area contributed by atoms with Crippen LogP contribution in [0.25, 0.3) is 11.0 Å². The summed E-state index contributed by atoms with van der Waals surface area (Å²) in [4.78, 5) is 14.0. The van der Waals surface area contributed by atoms with Crippen LogP contribution in [0.1, 0.15) is 12.1 Å². The molecule has 3 rings (SSSR count). The lowest BCUT2D eigenvalue weighted by Gasteiger charge is -2.19. The molecule has 1 aliphatic heterocycles. The number of amides is 1. The van der Waals surface area contributed by atoms with Crippen LogP contribution in [0.3, 0.4) is 0 Å². The maximum Gasteiger partial charge on any atom is 0.228 e. The highest BCUT2D eigenvalue weighted by molar-refractivity contribution is 5.86. The number of nitrogens with zero attached hydrogens (tertiary/aromatic N) is 2. The molecule has 1 saturated heterocycles. The Hall–Kier alpha value is -1.88. The van der Waals surface area contributed by atoms with Gasteiger partial charge in [0.15, 0.2) is 5.58 Å². The van der Waals surface area contributed by atoms with E-state index >= 15 is 0 Å². The summed E-state index contributed by atoms with van der Waals surface area (Å²) in [6, 6.07) is 7.60. The molecule has 5 nitrogen and oxygen atoms in total. The van der Waals surface area contributed by atoms with Gasteiger partial charge in [0.25, 0.3) is 0 Å². The fourth-order valence-corrected chi connectivity index (χ4v) is 2.56. The number of carbonyl (C=O) groups excluding carboxylic acids is 1. The summed E-state index contributed by atoms with van der Waals surface area (Å²) in [5.41, 5.74) is 1.43. The molecule has 106 valence electrons. The summed E-state index contributed by atoms with van der Waals surface area (Å²) < 4.78 is 10.6. The first-order valence-electron chi connectivity index (χ1n) is 6.89. The molecule has 1 unspecified atom stereocenters. The van der Waals surface area contributed by atoms with Gasteiger partial charge in [0.2, 0.25) is 5.91 Å². The van der Waals surface area contributed by atoms with Crippen LogP contribution in [0.5, 0.6) is 0 Å². The number of rotatable bonds is 4.